The van der Waals surface area contributed by atoms with E-state index in [9.17, 15) is 27.6 Å². The van der Waals surface area contributed by atoms with Gasteiger partial charge in [0, 0.05) is 30.0 Å². The first-order chi connectivity index (χ1) is 22.9. The molecule has 1 saturated heterocycles. The molecule has 252 valence electrons. The van der Waals surface area contributed by atoms with Crippen molar-refractivity contribution in [2.75, 3.05) is 31.3 Å². The summed E-state index contributed by atoms with van der Waals surface area (Å²) in [5.74, 6) is -2.96. The molecule has 1 fully saturated rings. The van der Waals surface area contributed by atoms with E-state index in [0.29, 0.717) is 40.8 Å². The quantitative estimate of drug-likeness (QED) is 0.224. The van der Waals surface area contributed by atoms with Crippen LogP contribution in [0, 0.1) is 5.82 Å². The highest BCUT2D eigenvalue weighted by Gasteiger charge is 2.43. The minimum Gasteiger partial charge on any atom is -0.464 e. The van der Waals surface area contributed by atoms with E-state index in [-0.39, 0.29) is 37.1 Å². The number of cyclic esters (lactones) is 1. The summed E-state index contributed by atoms with van der Waals surface area (Å²) in [7, 11) is -3.47. The lowest BCUT2D eigenvalue weighted by Gasteiger charge is -2.24. The van der Waals surface area contributed by atoms with Gasteiger partial charge < -0.3 is 14.8 Å². The Balaban J connectivity index is 1.19. The number of para-hydroxylation sites is 1. The van der Waals surface area contributed by atoms with E-state index in [1.54, 1.807) is 42.2 Å². The molecular formula is C35H36FN3O8S. The number of fused-ring (bicyclic) bond motifs is 2. The van der Waals surface area contributed by atoms with E-state index in [2.05, 4.69) is 5.32 Å². The molecule has 11 nitrogen and oxygen atoms in total. The van der Waals surface area contributed by atoms with Crippen molar-refractivity contribution in [3.8, 4) is 0 Å². The minimum absolute atomic E-state index is 0.0355. The molecule has 0 radical (unpaired) electrons. The van der Waals surface area contributed by atoms with Crippen LogP contribution in [0.2, 0.25) is 0 Å². The van der Waals surface area contributed by atoms with Crippen LogP contribution < -0.4 is 5.32 Å². The predicted octanol–water partition coefficient (Wildman–Crippen LogP) is 4.82. The maximum absolute atomic E-state index is 15.2. The third-order valence-electron chi connectivity index (χ3n) is 9.10. The average molecular weight is 678 g/mol. The number of amides is 3. The van der Waals surface area contributed by atoms with Gasteiger partial charge in [0.2, 0.25) is 0 Å². The van der Waals surface area contributed by atoms with Crippen LogP contribution >= 0.6 is 0 Å². The molecular weight excluding hydrogens is 641 g/mol. The van der Waals surface area contributed by atoms with Gasteiger partial charge in [-0.1, -0.05) is 42.5 Å². The molecule has 48 heavy (non-hydrogen) atoms. The van der Waals surface area contributed by atoms with Gasteiger partial charge >= 0.3 is 12.1 Å². The molecule has 1 N–H and O–H groups in total. The minimum atomic E-state index is -3.47. The molecule has 0 spiro atoms. The normalized spacial score (nSPS) is 20.8. The summed E-state index contributed by atoms with van der Waals surface area (Å²) < 4.78 is 49.8. The number of rotatable bonds is 11. The van der Waals surface area contributed by atoms with Gasteiger partial charge in [0.15, 0.2) is 9.84 Å². The van der Waals surface area contributed by atoms with Gasteiger partial charge in [-0.15, -0.1) is 0 Å². The van der Waals surface area contributed by atoms with E-state index < -0.39 is 57.6 Å². The SMILES string of the molecule is CCOC(=O)C1Nc2c(cccc2C(C)N2CC(CCCN3C(=O)c4ccccc4C3=O)OC2=O)C1c1ccc(CS(C)(=O)=O)c(F)c1. The molecule has 3 aromatic carbocycles. The first kappa shape index (κ1) is 33.1. The number of hydrogen-bond acceptors (Lipinski definition) is 9. The van der Waals surface area contributed by atoms with Crippen molar-refractivity contribution in [3.63, 3.8) is 0 Å². The molecule has 3 heterocycles. The zero-order valence-corrected chi connectivity index (χ0v) is 27.6. The van der Waals surface area contributed by atoms with E-state index in [4.69, 9.17) is 9.47 Å². The molecule has 3 amide bonds. The van der Waals surface area contributed by atoms with Crippen LogP contribution in [0.25, 0.3) is 0 Å². The fourth-order valence-corrected chi connectivity index (χ4v) is 7.63. The molecule has 0 saturated carbocycles. The van der Waals surface area contributed by atoms with Crippen LogP contribution in [-0.4, -0.2) is 80.2 Å². The number of anilines is 1. The van der Waals surface area contributed by atoms with Gasteiger partial charge in [0.25, 0.3) is 11.8 Å². The number of carbonyl (C=O) groups is 4. The Morgan fingerprint density at radius 3 is 2.42 bits per heavy atom. The molecule has 0 aliphatic carbocycles. The Labute approximate surface area is 277 Å². The Hall–Kier alpha value is -4.78. The zero-order valence-electron chi connectivity index (χ0n) is 26.8. The molecule has 4 unspecified atom stereocenters. The summed E-state index contributed by atoms with van der Waals surface area (Å²) in [6, 6.07) is 15.1. The van der Waals surface area contributed by atoms with E-state index in [1.807, 2.05) is 25.1 Å². The number of ether oxygens (including phenoxy) is 2. The highest BCUT2D eigenvalue weighted by Crippen LogP contribution is 2.46. The van der Waals surface area contributed by atoms with Crippen molar-refractivity contribution in [3.05, 3.63) is 99.9 Å². The number of benzene rings is 3. The van der Waals surface area contributed by atoms with Gasteiger partial charge in [-0.05, 0) is 61.6 Å². The van der Waals surface area contributed by atoms with Crippen LogP contribution in [-0.2, 0) is 29.9 Å². The molecule has 3 aliphatic rings. The number of imide groups is 1. The number of hydrogen-bond donors (Lipinski definition) is 1. The lowest BCUT2D eigenvalue weighted by Crippen LogP contribution is -2.33. The fourth-order valence-electron chi connectivity index (χ4n) is 6.83. The Kier molecular flexibility index (Phi) is 8.99. The predicted molar refractivity (Wildman–Crippen MR) is 174 cm³/mol. The summed E-state index contributed by atoms with van der Waals surface area (Å²) in [4.78, 5) is 54.5. The largest absolute Gasteiger partial charge is 0.464 e. The van der Waals surface area contributed by atoms with E-state index in [0.717, 1.165) is 11.8 Å². The summed E-state index contributed by atoms with van der Waals surface area (Å²) in [6.07, 6.45) is 0.977. The van der Waals surface area contributed by atoms with Gasteiger partial charge in [-0.3, -0.25) is 19.4 Å². The first-order valence-corrected chi connectivity index (χ1v) is 17.9. The molecule has 0 bridgehead atoms. The molecule has 0 aromatic heterocycles. The fraction of sp³-hybridized carbons (Fsp3) is 0.371. The lowest BCUT2D eigenvalue weighted by atomic mass is 9.86. The van der Waals surface area contributed by atoms with Crippen molar-refractivity contribution in [2.24, 2.45) is 0 Å². The third-order valence-corrected chi connectivity index (χ3v) is 9.93. The highest BCUT2D eigenvalue weighted by molar-refractivity contribution is 7.89. The second-order valence-corrected chi connectivity index (χ2v) is 14.5. The Bertz CT molecular complexity index is 1880. The summed E-state index contributed by atoms with van der Waals surface area (Å²) in [5.41, 5.74) is 3.34. The van der Waals surface area contributed by atoms with E-state index >= 15 is 4.39 Å². The number of halogens is 1. The Morgan fingerprint density at radius 1 is 1.06 bits per heavy atom. The monoisotopic (exact) mass is 677 g/mol. The summed E-state index contributed by atoms with van der Waals surface area (Å²) >= 11 is 0. The maximum Gasteiger partial charge on any atom is 0.410 e. The van der Waals surface area contributed by atoms with Crippen LogP contribution in [0.3, 0.4) is 0 Å². The Morgan fingerprint density at radius 2 is 1.77 bits per heavy atom. The van der Waals surface area contributed by atoms with Crippen LogP contribution in [0.5, 0.6) is 0 Å². The molecule has 3 aliphatic heterocycles. The molecule has 3 aromatic rings. The van der Waals surface area contributed by atoms with Crippen molar-refractivity contribution in [1.29, 1.82) is 0 Å². The van der Waals surface area contributed by atoms with Gasteiger partial charge in [-0.25, -0.2) is 22.4 Å². The van der Waals surface area contributed by atoms with Crippen molar-refractivity contribution in [1.82, 2.24) is 9.80 Å². The van der Waals surface area contributed by atoms with E-state index in [1.165, 1.54) is 17.0 Å². The molecule has 4 atom stereocenters. The summed E-state index contributed by atoms with van der Waals surface area (Å²) in [6.45, 7) is 4.17. The van der Waals surface area contributed by atoms with Crippen molar-refractivity contribution >= 4 is 39.4 Å². The standard InChI is InChI=1S/C35H36FN3O8S/c1-4-46-34(42)31-29(21-14-15-22(28(36)17-21)19-48(3,44)45)27-13-7-12-24(30(27)37-31)20(2)39-18-23(47-35(39)43)9-8-16-38-32(40)25-10-5-6-11-26(25)33(38)41/h5-7,10-15,17,20,23,29,31,37H,4,8-9,16,18-19H2,1-3H3. The highest BCUT2D eigenvalue weighted by atomic mass is 32.2. The summed E-state index contributed by atoms with van der Waals surface area (Å²) in [5, 5.41) is 3.28. The lowest BCUT2D eigenvalue weighted by molar-refractivity contribution is -0.144. The molecule has 6 rings (SSSR count). The second-order valence-electron chi connectivity index (χ2n) is 12.4. The molecule has 13 heteroatoms. The maximum atomic E-state index is 15.2. The zero-order chi connectivity index (χ0) is 34.3. The van der Waals surface area contributed by atoms with Gasteiger partial charge in [-0.2, -0.15) is 0 Å². The van der Waals surface area contributed by atoms with Crippen molar-refractivity contribution < 1.29 is 41.5 Å². The van der Waals surface area contributed by atoms with Crippen molar-refractivity contribution in [2.45, 2.75) is 56.5 Å². The van der Waals surface area contributed by atoms with Crippen LogP contribution in [0.15, 0.2) is 60.7 Å². The smallest absolute Gasteiger partial charge is 0.410 e. The second kappa shape index (κ2) is 13.0. The number of sulfone groups is 1. The third kappa shape index (κ3) is 6.26. The first-order valence-electron chi connectivity index (χ1n) is 15.8. The average Bonchev–Trinajstić information content (AvgIpc) is 3.69. The number of nitrogens with zero attached hydrogens (tertiary/aromatic N) is 2. The number of esters is 1. The topological polar surface area (TPSA) is 139 Å². The van der Waals surface area contributed by atoms with Gasteiger partial charge in [0.1, 0.15) is 18.0 Å². The van der Waals surface area contributed by atoms with Crippen LogP contribution in [0.4, 0.5) is 14.9 Å². The number of carbonyl (C=O) groups excluding carboxylic acids is 4. The number of nitrogens with one attached hydrogen (secondary N) is 1. The van der Waals surface area contributed by atoms with Crippen LogP contribution in [0.1, 0.15) is 81.6 Å². The van der Waals surface area contributed by atoms with Gasteiger partial charge in [0.05, 0.1) is 36.1 Å².